The number of aromatic nitrogens is 3. The zero-order valence-electron chi connectivity index (χ0n) is 32.8. The molecular weight excluding hydrogens is 878 g/mol. The smallest absolute Gasteiger partial charge is 0.164 e. The van der Waals surface area contributed by atoms with Crippen LogP contribution in [0.1, 0.15) is 16.7 Å². The molecular formula is C54H36IN5S. The van der Waals surface area contributed by atoms with Gasteiger partial charge in [-0.15, -0.1) is 0 Å². The molecule has 8 aromatic carbocycles. The minimum Gasteiger partial charge on any atom is -0.222 e. The summed E-state index contributed by atoms with van der Waals surface area (Å²) in [5.74, 6) is 2.73. The Morgan fingerprint density at radius 2 is 0.607 bits per heavy atom. The average molecular weight is 914 g/mol. The number of rotatable bonds is 10. The number of amidine groups is 1. The molecule has 2 heterocycles. The van der Waals surface area contributed by atoms with E-state index in [0.29, 0.717) is 17.5 Å². The normalized spacial score (nSPS) is 12.4. The van der Waals surface area contributed by atoms with E-state index in [2.05, 4.69) is 133 Å². The highest BCUT2D eigenvalue weighted by atomic mass is 127. The lowest BCUT2D eigenvalue weighted by Crippen LogP contribution is -2.11. The topological polar surface area (TPSA) is 63.4 Å². The molecule has 10 rings (SSSR count). The zero-order chi connectivity index (χ0) is 40.8. The summed E-state index contributed by atoms with van der Waals surface area (Å²) in [6.45, 7) is 0. The lowest BCUT2D eigenvalue weighted by atomic mass is 10.0. The summed E-state index contributed by atoms with van der Waals surface area (Å²) in [4.78, 5) is 27.1. The third-order valence-electron chi connectivity index (χ3n) is 10.2. The van der Waals surface area contributed by atoms with E-state index in [-0.39, 0.29) is 0 Å². The van der Waals surface area contributed by atoms with Gasteiger partial charge in [0.2, 0.25) is 0 Å². The predicted octanol–water partition coefficient (Wildman–Crippen LogP) is 13.7. The van der Waals surface area contributed by atoms with Gasteiger partial charge in [0.15, 0.2) is 23.3 Å². The summed E-state index contributed by atoms with van der Waals surface area (Å²) in [5.41, 5.74) is 10.8. The van der Waals surface area contributed by atoms with Gasteiger partial charge in [-0.1, -0.05) is 206 Å². The Morgan fingerprint density at radius 1 is 0.279 bits per heavy atom. The first-order valence-corrected chi connectivity index (χ1v) is 22.9. The fourth-order valence-electron chi connectivity index (χ4n) is 6.98. The summed E-state index contributed by atoms with van der Waals surface area (Å²) < 4.78 is 2.26. The van der Waals surface area contributed by atoms with Gasteiger partial charge >= 0.3 is 0 Å². The first-order valence-electron chi connectivity index (χ1n) is 20.0. The van der Waals surface area contributed by atoms with Gasteiger partial charge in [-0.05, 0) is 67.3 Å². The van der Waals surface area contributed by atoms with Gasteiger partial charge in [0.1, 0.15) is 7.35 Å². The molecule has 0 saturated heterocycles. The summed E-state index contributed by atoms with van der Waals surface area (Å²) in [5, 5.41) is 0. The van der Waals surface area contributed by atoms with Crippen molar-refractivity contribution in [3.63, 3.8) is 0 Å². The number of hydrogen-bond acceptors (Lipinski definition) is 6. The van der Waals surface area contributed by atoms with Crippen LogP contribution in [0.5, 0.6) is 0 Å². The quantitative estimate of drug-likeness (QED) is 0.128. The molecule has 5 nitrogen and oxygen atoms in total. The molecule has 0 radical (unpaired) electrons. The minimum absolute atomic E-state index is 0.561. The van der Waals surface area contributed by atoms with Crippen molar-refractivity contribution < 1.29 is 0 Å². The molecule has 0 N–H and O–H groups in total. The van der Waals surface area contributed by atoms with Gasteiger partial charge in [-0.3, -0.25) is 0 Å². The summed E-state index contributed by atoms with van der Waals surface area (Å²) in [7, 11) is 0. The van der Waals surface area contributed by atoms with Crippen molar-refractivity contribution in [2.45, 2.75) is 9.79 Å². The zero-order valence-corrected chi connectivity index (χ0v) is 35.8. The highest BCUT2D eigenvalue weighted by molar-refractivity contribution is 14.2. The number of aliphatic imine (C=N–C) groups is 2. The number of benzene rings is 8. The Hall–Kier alpha value is -6.94. The van der Waals surface area contributed by atoms with Crippen molar-refractivity contribution in [3.05, 3.63) is 235 Å². The van der Waals surface area contributed by atoms with Crippen LogP contribution in [0, 0.1) is 0 Å². The molecule has 0 amide bonds. The molecule has 0 fully saturated rings. The van der Waals surface area contributed by atoms with Crippen LogP contribution in [0.2, 0.25) is 0 Å². The first kappa shape index (κ1) is 38.3. The Kier molecular flexibility index (Phi) is 11.1. The van der Waals surface area contributed by atoms with E-state index < -0.39 is 20.7 Å². The maximum Gasteiger partial charge on any atom is 0.164 e. The molecule has 0 bridgehead atoms. The fraction of sp³-hybridized carbons (Fsp3) is 0. The van der Waals surface area contributed by atoms with Crippen LogP contribution in [0.15, 0.2) is 238 Å². The molecule has 1 aromatic heterocycles. The number of hydrogen-bond donors (Lipinski definition) is 0. The van der Waals surface area contributed by atoms with Crippen molar-refractivity contribution in [2.24, 2.45) is 9.98 Å². The van der Waals surface area contributed by atoms with Gasteiger partial charge in [-0.2, -0.15) is 0 Å². The van der Waals surface area contributed by atoms with Gasteiger partial charge in [0, 0.05) is 43.2 Å². The molecule has 0 unspecified atom stereocenters. The van der Waals surface area contributed by atoms with Gasteiger partial charge in [-0.25, -0.2) is 24.9 Å². The van der Waals surface area contributed by atoms with Crippen LogP contribution in [0.3, 0.4) is 0 Å². The van der Waals surface area contributed by atoms with Crippen molar-refractivity contribution >= 4 is 45.7 Å². The number of halogens is 1. The molecule has 0 aliphatic carbocycles. The Bertz CT molecular complexity index is 2930. The monoisotopic (exact) mass is 913 g/mol. The summed E-state index contributed by atoms with van der Waals surface area (Å²) in [6, 6.07) is 75.7. The molecule has 9 aromatic rings. The maximum absolute atomic E-state index is 5.10. The Labute approximate surface area is 369 Å². The predicted molar refractivity (Wildman–Crippen MR) is 262 cm³/mol. The fourth-order valence-corrected chi connectivity index (χ4v) is 10.3. The summed E-state index contributed by atoms with van der Waals surface area (Å²) >= 11 is 1.20. The first-order chi connectivity index (χ1) is 30.2. The lowest BCUT2D eigenvalue weighted by Gasteiger charge is -2.13. The van der Waals surface area contributed by atoms with E-state index in [1.165, 1.54) is 26.5 Å². The second-order valence-corrected chi connectivity index (χ2v) is 18.0. The summed E-state index contributed by atoms with van der Waals surface area (Å²) in [6.07, 6.45) is 0. The van der Waals surface area contributed by atoms with Crippen LogP contribution >= 0.6 is 32.5 Å². The van der Waals surface area contributed by atoms with Crippen LogP contribution in [-0.4, -0.2) is 28.1 Å². The maximum atomic E-state index is 5.10. The Balaban J connectivity index is 0.821. The second kappa shape index (κ2) is 17.7. The van der Waals surface area contributed by atoms with E-state index in [9.17, 15) is 0 Å². The van der Waals surface area contributed by atoms with E-state index in [1.807, 2.05) is 84.9 Å². The van der Waals surface area contributed by atoms with E-state index in [0.717, 1.165) is 52.1 Å². The van der Waals surface area contributed by atoms with Crippen molar-refractivity contribution in [1.82, 2.24) is 15.0 Å². The van der Waals surface area contributed by atoms with Crippen LogP contribution < -0.4 is 0 Å². The van der Waals surface area contributed by atoms with Crippen molar-refractivity contribution in [3.8, 4) is 56.4 Å². The van der Waals surface area contributed by atoms with Gasteiger partial charge in [0.25, 0.3) is 0 Å². The molecule has 0 saturated carbocycles. The van der Waals surface area contributed by atoms with E-state index >= 15 is 0 Å². The van der Waals surface area contributed by atoms with Crippen LogP contribution in [0.25, 0.3) is 56.4 Å². The van der Waals surface area contributed by atoms with Crippen molar-refractivity contribution in [1.29, 1.82) is 0 Å². The van der Waals surface area contributed by atoms with Crippen LogP contribution in [0.4, 0.5) is 0 Å². The van der Waals surface area contributed by atoms with E-state index in [1.54, 1.807) is 11.8 Å². The molecule has 7 heteroatoms. The van der Waals surface area contributed by atoms with Gasteiger partial charge in [0.05, 0.1) is 0 Å². The third kappa shape index (κ3) is 8.84. The minimum atomic E-state index is -0.561. The molecule has 61 heavy (non-hydrogen) atoms. The highest BCUT2D eigenvalue weighted by Crippen LogP contribution is 2.33. The highest BCUT2D eigenvalue weighted by Gasteiger charge is 2.16. The molecule has 0 spiro atoms. The third-order valence-corrected chi connectivity index (χ3v) is 14.0. The molecule has 290 valence electrons. The standard InChI is InChI=1S/C54H36IN5S/c1-5-13-41(14-6-1)49-55-50(57-51(56-49)43-15-7-2-8-16-43)42-25-21-37(22-26-42)39-29-33-47(34-30-39)61-48-35-31-40(32-36-48)38-23-27-46(28-24-38)54-59-52(44-17-9-3-10-18-44)58-53(60-54)45-19-11-4-12-20-45/h1-36H. The van der Waals surface area contributed by atoms with Crippen molar-refractivity contribution in [2.75, 3.05) is 0 Å². The Morgan fingerprint density at radius 3 is 1.03 bits per heavy atom. The SMILES string of the molecule is c1ccc(C2=NC(c3ccccc3)=IC(c3ccc(-c4ccc(Sc5ccc(-c6ccc(-c7nc(-c8ccccc8)nc(-c8ccccc8)n7)cc6)cc5)cc4)cc3)=N2)cc1. The van der Waals surface area contributed by atoms with Gasteiger partial charge < -0.3 is 0 Å². The lowest BCUT2D eigenvalue weighted by molar-refractivity contribution is 1.07. The largest absolute Gasteiger partial charge is 0.222 e. The molecule has 1 aliphatic heterocycles. The second-order valence-electron chi connectivity index (χ2n) is 14.3. The van der Waals surface area contributed by atoms with Crippen LogP contribution in [-0.2, 0) is 0 Å². The van der Waals surface area contributed by atoms with E-state index in [4.69, 9.17) is 24.9 Å². The molecule has 0 atom stereocenters. The average Bonchev–Trinajstić information content (AvgIpc) is 3.35. The molecule has 1 aliphatic rings. The number of nitrogens with zero attached hydrogens (tertiary/aromatic N) is 5.